The van der Waals surface area contributed by atoms with Crippen molar-refractivity contribution in [2.75, 3.05) is 0 Å². The van der Waals surface area contributed by atoms with Gasteiger partial charge in [0.15, 0.2) is 0 Å². The first-order chi connectivity index (χ1) is 12.2. The molecule has 0 radical (unpaired) electrons. The van der Waals surface area contributed by atoms with E-state index in [4.69, 9.17) is 14.9 Å². The minimum absolute atomic E-state index is 0.0544. The summed E-state index contributed by atoms with van der Waals surface area (Å²) in [7, 11) is 0. The summed E-state index contributed by atoms with van der Waals surface area (Å²) in [6.07, 6.45) is -4.75. The van der Waals surface area contributed by atoms with Crippen molar-refractivity contribution in [3.8, 4) is 17.7 Å². The summed E-state index contributed by atoms with van der Waals surface area (Å²) in [4.78, 5) is 0. The van der Waals surface area contributed by atoms with Gasteiger partial charge in [-0.05, 0) is 31.5 Å². The third-order valence-corrected chi connectivity index (χ3v) is 3.94. The maximum Gasteiger partial charge on any atom is 0.433 e. The quantitative estimate of drug-likeness (QED) is 0.865. The number of ether oxygens (including phenoxy) is 2. The lowest BCUT2D eigenvalue weighted by atomic mass is 9.79. The summed E-state index contributed by atoms with van der Waals surface area (Å²) < 4.78 is 50.6. The van der Waals surface area contributed by atoms with E-state index in [1.165, 1.54) is 0 Å². The molecule has 136 valence electrons. The molecule has 0 bridgehead atoms. The van der Waals surface area contributed by atoms with Crippen LogP contribution in [0.2, 0.25) is 0 Å². The van der Waals surface area contributed by atoms with Gasteiger partial charge >= 0.3 is 6.18 Å². The van der Waals surface area contributed by atoms with E-state index in [0.717, 1.165) is 0 Å². The fourth-order valence-electron chi connectivity index (χ4n) is 2.92. The largest absolute Gasteiger partial charge is 0.491 e. The lowest BCUT2D eigenvalue weighted by Gasteiger charge is -2.28. The topological polar surface area (TPSA) is 94.8 Å². The molecule has 1 aromatic carbocycles. The molecule has 26 heavy (non-hydrogen) atoms. The van der Waals surface area contributed by atoms with Gasteiger partial charge in [-0.2, -0.15) is 18.4 Å². The molecule has 0 saturated heterocycles. The molecule has 2 heterocycles. The summed E-state index contributed by atoms with van der Waals surface area (Å²) in [5.74, 6) is -2.44. The summed E-state index contributed by atoms with van der Waals surface area (Å²) in [6.45, 7) is 3.71. The van der Waals surface area contributed by atoms with Crippen LogP contribution in [0, 0.1) is 22.7 Å². The molecule has 2 N–H and O–H groups in total. The Morgan fingerprint density at radius 2 is 1.96 bits per heavy atom. The number of H-pyrrole nitrogens is 1. The van der Waals surface area contributed by atoms with Crippen molar-refractivity contribution in [3.05, 3.63) is 41.1 Å². The number of rotatable bonds is 3. The van der Waals surface area contributed by atoms with Crippen molar-refractivity contribution in [2.24, 2.45) is 5.92 Å². The number of alkyl halides is 3. The average Bonchev–Trinajstić information content (AvgIpc) is 2.97. The Kier molecular flexibility index (Phi) is 4.36. The third kappa shape index (κ3) is 3.10. The molecule has 0 amide bonds. The van der Waals surface area contributed by atoms with Gasteiger partial charge < -0.3 is 9.47 Å². The number of aromatic nitrogens is 2. The molecule has 0 fully saturated rings. The number of fused-ring (bicyclic) bond motifs is 1. The Hall–Kier alpha value is -3.02. The second-order valence-electron chi connectivity index (χ2n) is 6.10. The molecule has 6 nitrogen and oxygen atoms in total. The van der Waals surface area contributed by atoms with E-state index in [-0.39, 0.29) is 17.5 Å². The highest BCUT2D eigenvalue weighted by atomic mass is 19.4. The first-order valence-corrected chi connectivity index (χ1v) is 7.80. The van der Waals surface area contributed by atoms with Gasteiger partial charge in [0.25, 0.3) is 0 Å². The first kappa shape index (κ1) is 17.8. The molecule has 9 heteroatoms. The van der Waals surface area contributed by atoms with Gasteiger partial charge in [0.05, 0.1) is 17.7 Å². The monoisotopic (exact) mass is 364 g/mol. The molecule has 0 saturated carbocycles. The molecule has 0 spiro atoms. The highest BCUT2D eigenvalue weighted by molar-refractivity contribution is 5.84. The molecular formula is C17H15F3N4O2. The summed E-state index contributed by atoms with van der Waals surface area (Å²) in [5, 5.41) is 22.7. The Morgan fingerprint density at radius 1 is 1.31 bits per heavy atom. The molecule has 2 atom stereocenters. The molecule has 2 unspecified atom stereocenters. The van der Waals surface area contributed by atoms with Crippen molar-refractivity contribution in [2.45, 2.75) is 32.0 Å². The molecular weight excluding hydrogens is 349 g/mol. The van der Waals surface area contributed by atoms with Crippen molar-refractivity contribution < 1.29 is 22.6 Å². The lowest BCUT2D eigenvalue weighted by Crippen LogP contribution is -2.31. The molecule has 1 aromatic heterocycles. The van der Waals surface area contributed by atoms with Gasteiger partial charge in [-0.1, -0.05) is 12.1 Å². The number of nitrogens with zero attached hydrogens (tertiary/aromatic N) is 2. The van der Waals surface area contributed by atoms with E-state index >= 15 is 0 Å². The standard InChI is InChI=1S/C17H15F3N4O2/c1-8(2)25-10-5-3-9(4-6-10)12-11(7-21)15(22)26-16-13(12)14(23-24-16)17(18,19)20/h3-6,8,11-12,22H,1-2H3,(H,23,24). The maximum atomic E-state index is 13.4. The maximum absolute atomic E-state index is 13.4. The predicted octanol–water partition coefficient (Wildman–Crippen LogP) is 3.86. The Balaban J connectivity index is 2.11. The van der Waals surface area contributed by atoms with Crippen LogP contribution in [0.4, 0.5) is 13.2 Å². The van der Waals surface area contributed by atoms with E-state index in [1.807, 2.05) is 25.0 Å². The highest BCUT2D eigenvalue weighted by Gasteiger charge is 2.47. The van der Waals surface area contributed by atoms with E-state index in [0.29, 0.717) is 11.3 Å². The number of aromatic amines is 1. The number of hydrogen-bond donors (Lipinski definition) is 2. The third-order valence-electron chi connectivity index (χ3n) is 3.94. The molecule has 2 aromatic rings. The zero-order chi connectivity index (χ0) is 19.1. The highest BCUT2D eigenvalue weighted by Crippen LogP contribution is 2.47. The van der Waals surface area contributed by atoms with Crippen LogP contribution in [0.3, 0.4) is 0 Å². The summed E-state index contributed by atoms with van der Waals surface area (Å²) >= 11 is 0. The van der Waals surface area contributed by atoms with Crippen LogP contribution < -0.4 is 9.47 Å². The van der Waals surface area contributed by atoms with Gasteiger partial charge in [-0.15, -0.1) is 5.10 Å². The van der Waals surface area contributed by atoms with Crippen LogP contribution in [-0.2, 0) is 6.18 Å². The minimum Gasteiger partial charge on any atom is -0.491 e. The smallest absolute Gasteiger partial charge is 0.433 e. The van der Waals surface area contributed by atoms with E-state index < -0.39 is 29.6 Å². The molecule has 3 rings (SSSR count). The van der Waals surface area contributed by atoms with E-state index in [1.54, 1.807) is 24.3 Å². The molecule has 1 aliphatic heterocycles. The van der Waals surface area contributed by atoms with Crippen LogP contribution in [-0.4, -0.2) is 22.2 Å². The molecule has 0 aliphatic carbocycles. The SMILES string of the molecule is CC(C)Oc1ccc(C2c3c(n[nH]c3C(F)(F)F)OC(=N)C2C#N)cc1. The molecule has 1 aliphatic rings. The van der Waals surface area contributed by atoms with Crippen molar-refractivity contribution in [1.82, 2.24) is 10.2 Å². The van der Waals surface area contributed by atoms with Crippen molar-refractivity contribution >= 4 is 5.90 Å². The Bertz CT molecular complexity index is 866. The second-order valence-corrected chi connectivity index (χ2v) is 6.10. The number of benzene rings is 1. The zero-order valence-electron chi connectivity index (χ0n) is 13.9. The number of nitriles is 1. The fraction of sp³-hybridized carbons (Fsp3) is 0.353. The van der Waals surface area contributed by atoms with Gasteiger partial charge in [-0.3, -0.25) is 10.5 Å². The van der Waals surface area contributed by atoms with E-state index in [2.05, 4.69) is 5.10 Å². The first-order valence-electron chi connectivity index (χ1n) is 7.80. The fourth-order valence-corrected chi connectivity index (χ4v) is 2.92. The number of halogens is 3. The zero-order valence-corrected chi connectivity index (χ0v) is 13.9. The van der Waals surface area contributed by atoms with Crippen molar-refractivity contribution in [1.29, 1.82) is 10.7 Å². The van der Waals surface area contributed by atoms with Crippen LogP contribution in [0.25, 0.3) is 0 Å². The Labute approximate surface area is 147 Å². The van der Waals surface area contributed by atoms with Crippen LogP contribution in [0.15, 0.2) is 24.3 Å². The normalized spacial score (nSPS) is 19.7. The van der Waals surface area contributed by atoms with Crippen LogP contribution in [0.5, 0.6) is 11.6 Å². The number of hydrogen-bond acceptors (Lipinski definition) is 5. The lowest BCUT2D eigenvalue weighted by molar-refractivity contribution is -0.142. The van der Waals surface area contributed by atoms with Gasteiger partial charge in [0.1, 0.15) is 17.4 Å². The van der Waals surface area contributed by atoms with Gasteiger partial charge in [0, 0.05) is 5.92 Å². The van der Waals surface area contributed by atoms with Crippen LogP contribution in [0.1, 0.15) is 36.6 Å². The number of nitrogens with one attached hydrogen (secondary N) is 2. The van der Waals surface area contributed by atoms with Gasteiger partial charge in [0.2, 0.25) is 11.8 Å². The average molecular weight is 364 g/mol. The minimum atomic E-state index is -4.69. The second kappa shape index (κ2) is 6.37. The Morgan fingerprint density at radius 3 is 2.50 bits per heavy atom. The predicted molar refractivity (Wildman–Crippen MR) is 85.1 cm³/mol. The van der Waals surface area contributed by atoms with Crippen LogP contribution >= 0.6 is 0 Å². The van der Waals surface area contributed by atoms with Gasteiger partial charge in [-0.25, -0.2) is 0 Å². The summed E-state index contributed by atoms with van der Waals surface area (Å²) in [6, 6.07) is 8.28. The van der Waals surface area contributed by atoms with Crippen molar-refractivity contribution in [3.63, 3.8) is 0 Å². The summed E-state index contributed by atoms with van der Waals surface area (Å²) in [5.41, 5.74) is -0.904. The van der Waals surface area contributed by atoms with E-state index in [9.17, 15) is 18.4 Å².